The molecule has 0 radical (unpaired) electrons. The van der Waals surface area contributed by atoms with Crippen LogP contribution in [0.1, 0.15) is 41.8 Å². The zero-order valence-electron chi connectivity index (χ0n) is 17.1. The van der Waals surface area contributed by atoms with E-state index in [1.165, 1.54) is 18.2 Å². The van der Waals surface area contributed by atoms with Gasteiger partial charge in [0.05, 0.1) is 12.0 Å². The Balaban J connectivity index is 1.57. The van der Waals surface area contributed by atoms with Crippen molar-refractivity contribution in [2.24, 2.45) is 0 Å². The highest BCUT2D eigenvalue weighted by atomic mass is 19.1. The average molecular weight is 408 g/mol. The van der Waals surface area contributed by atoms with E-state index >= 15 is 0 Å². The monoisotopic (exact) mass is 408 g/mol. The first-order valence-electron chi connectivity index (χ1n) is 9.73. The number of fused-ring (bicyclic) bond motifs is 1. The van der Waals surface area contributed by atoms with Crippen molar-refractivity contribution in [2.75, 3.05) is 5.32 Å². The Morgan fingerprint density at radius 3 is 2.50 bits per heavy atom. The highest BCUT2D eigenvalue weighted by molar-refractivity contribution is 6.01. The molecule has 0 aliphatic carbocycles. The molecule has 2 heterocycles. The molecule has 2 aromatic carbocycles. The lowest BCUT2D eigenvalue weighted by molar-refractivity contribution is 0.0620. The SMILES string of the molecule is Cc1cc2c(cc1-c1ccc(NCc3c(F)cccc3F)nc1)OC(C)(C)CC2=O. The second-order valence-corrected chi connectivity index (χ2v) is 8.11. The molecular weight excluding hydrogens is 386 g/mol. The predicted molar refractivity (Wildman–Crippen MR) is 112 cm³/mol. The smallest absolute Gasteiger partial charge is 0.170 e. The minimum absolute atomic E-state index is 0.00619. The fourth-order valence-electron chi connectivity index (χ4n) is 3.65. The molecule has 1 aromatic heterocycles. The third-order valence-corrected chi connectivity index (χ3v) is 5.18. The van der Waals surface area contributed by atoms with Gasteiger partial charge in [-0.3, -0.25) is 4.79 Å². The number of hydrogen-bond donors (Lipinski definition) is 1. The van der Waals surface area contributed by atoms with Gasteiger partial charge in [-0.1, -0.05) is 6.07 Å². The van der Waals surface area contributed by atoms with Gasteiger partial charge in [0.15, 0.2) is 5.78 Å². The van der Waals surface area contributed by atoms with Crippen LogP contribution in [0.25, 0.3) is 11.1 Å². The van der Waals surface area contributed by atoms with Crippen LogP contribution < -0.4 is 10.1 Å². The van der Waals surface area contributed by atoms with Crippen molar-refractivity contribution in [1.29, 1.82) is 0 Å². The minimum Gasteiger partial charge on any atom is -0.487 e. The standard InChI is InChI=1S/C24H22F2N2O2/c1-14-9-17-21(29)11-24(2,3)30-22(17)10-16(14)15-7-8-23(27-12-15)28-13-18-19(25)5-4-6-20(18)26/h4-10,12H,11,13H2,1-3H3,(H,27,28). The number of nitrogens with zero attached hydrogens (tertiary/aromatic N) is 1. The summed E-state index contributed by atoms with van der Waals surface area (Å²) in [6.45, 7) is 5.73. The second-order valence-electron chi connectivity index (χ2n) is 8.11. The third kappa shape index (κ3) is 3.90. The van der Waals surface area contributed by atoms with Crippen LogP contribution in [0, 0.1) is 18.6 Å². The van der Waals surface area contributed by atoms with E-state index in [0.29, 0.717) is 23.6 Å². The molecule has 0 spiro atoms. The van der Waals surface area contributed by atoms with E-state index in [-0.39, 0.29) is 17.9 Å². The number of halogens is 2. The number of ketones is 1. The fraction of sp³-hybridized carbons (Fsp3) is 0.250. The summed E-state index contributed by atoms with van der Waals surface area (Å²) >= 11 is 0. The maximum absolute atomic E-state index is 13.8. The van der Waals surface area contributed by atoms with Gasteiger partial charge in [0.2, 0.25) is 0 Å². The average Bonchev–Trinajstić information content (AvgIpc) is 2.68. The number of aromatic nitrogens is 1. The van der Waals surface area contributed by atoms with Crippen molar-refractivity contribution in [3.05, 3.63) is 77.0 Å². The van der Waals surface area contributed by atoms with E-state index in [1.807, 2.05) is 39.0 Å². The number of pyridine rings is 1. The molecule has 1 aliphatic rings. The van der Waals surface area contributed by atoms with Crippen LogP contribution in [-0.4, -0.2) is 16.4 Å². The first kappa shape index (κ1) is 20.0. The van der Waals surface area contributed by atoms with Gasteiger partial charge < -0.3 is 10.1 Å². The minimum atomic E-state index is -0.596. The number of ether oxygens (including phenoxy) is 1. The normalized spacial score (nSPS) is 14.8. The van der Waals surface area contributed by atoms with Gasteiger partial charge in [-0.05, 0) is 68.3 Å². The van der Waals surface area contributed by atoms with Crippen LogP contribution in [-0.2, 0) is 6.54 Å². The van der Waals surface area contributed by atoms with E-state index in [2.05, 4.69) is 10.3 Å². The molecule has 1 N–H and O–H groups in total. The van der Waals surface area contributed by atoms with Gasteiger partial charge in [-0.15, -0.1) is 0 Å². The number of Topliss-reactive ketones (excluding diaryl/α,β-unsaturated/α-hetero) is 1. The summed E-state index contributed by atoms with van der Waals surface area (Å²) in [6, 6.07) is 11.1. The molecule has 0 saturated heterocycles. The zero-order valence-corrected chi connectivity index (χ0v) is 17.1. The van der Waals surface area contributed by atoms with Crippen molar-refractivity contribution >= 4 is 11.6 Å². The van der Waals surface area contributed by atoms with E-state index in [0.717, 1.165) is 16.7 Å². The molecule has 0 saturated carbocycles. The quantitative estimate of drug-likeness (QED) is 0.602. The predicted octanol–water partition coefficient (Wildman–Crippen LogP) is 5.69. The van der Waals surface area contributed by atoms with E-state index in [4.69, 9.17) is 4.74 Å². The molecular formula is C24H22F2N2O2. The van der Waals surface area contributed by atoms with Crippen LogP contribution in [0.4, 0.5) is 14.6 Å². The number of aryl methyl sites for hydroxylation is 1. The molecule has 0 unspecified atom stereocenters. The summed E-state index contributed by atoms with van der Waals surface area (Å²) in [4.78, 5) is 16.8. The number of anilines is 1. The number of carbonyl (C=O) groups excluding carboxylic acids is 1. The van der Waals surface area contributed by atoms with Gasteiger partial charge in [0.25, 0.3) is 0 Å². The fourth-order valence-corrected chi connectivity index (χ4v) is 3.65. The molecule has 3 aromatic rings. The molecule has 4 rings (SSSR count). The molecule has 154 valence electrons. The van der Waals surface area contributed by atoms with Crippen LogP contribution in [0.2, 0.25) is 0 Å². The Kier molecular flexibility index (Phi) is 5.02. The molecule has 0 amide bonds. The van der Waals surface area contributed by atoms with Crippen LogP contribution in [0.15, 0.2) is 48.7 Å². The Morgan fingerprint density at radius 2 is 1.83 bits per heavy atom. The molecule has 30 heavy (non-hydrogen) atoms. The summed E-state index contributed by atoms with van der Waals surface area (Å²) in [7, 11) is 0. The van der Waals surface area contributed by atoms with Crippen LogP contribution in [0.3, 0.4) is 0 Å². The first-order chi connectivity index (χ1) is 14.2. The van der Waals surface area contributed by atoms with Crippen molar-refractivity contribution in [3.63, 3.8) is 0 Å². The summed E-state index contributed by atoms with van der Waals surface area (Å²) in [5.41, 5.74) is 2.76. The van der Waals surface area contributed by atoms with E-state index < -0.39 is 17.2 Å². The van der Waals surface area contributed by atoms with Gasteiger partial charge in [0.1, 0.15) is 28.8 Å². The first-order valence-corrected chi connectivity index (χ1v) is 9.73. The molecule has 4 nitrogen and oxygen atoms in total. The Morgan fingerprint density at radius 1 is 1.10 bits per heavy atom. The lowest BCUT2D eigenvalue weighted by Crippen LogP contribution is -2.35. The van der Waals surface area contributed by atoms with E-state index in [9.17, 15) is 13.6 Å². The third-order valence-electron chi connectivity index (χ3n) is 5.18. The summed E-state index contributed by atoms with van der Waals surface area (Å²) in [6.07, 6.45) is 2.04. The van der Waals surface area contributed by atoms with Gasteiger partial charge in [-0.2, -0.15) is 0 Å². The van der Waals surface area contributed by atoms with E-state index in [1.54, 1.807) is 12.3 Å². The largest absolute Gasteiger partial charge is 0.487 e. The van der Waals surface area contributed by atoms with Crippen LogP contribution in [0.5, 0.6) is 5.75 Å². The number of nitrogens with one attached hydrogen (secondary N) is 1. The maximum Gasteiger partial charge on any atom is 0.170 e. The zero-order chi connectivity index (χ0) is 21.5. The van der Waals surface area contributed by atoms with Gasteiger partial charge >= 0.3 is 0 Å². The number of hydrogen-bond acceptors (Lipinski definition) is 4. The summed E-state index contributed by atoms with van der Waals surface area (Å²) < 4.78 is 33.5. The van der Waals surface area contributed by atoms with Crippen LogP contribution >= 0.6 is 0 Å². The van der Waals surface area contributed by atoms with Crippen molar-refractivity contribution < 1.29 is 18.3 Å². The lowest BCUT2D eigenvalue weighted by atomic mass is 9.90. The van der Waals surface area contributed by atoms with Gasteiger partial charge in [-0.25, -0.2) is 13.8 Å². The number of carbonyl (C=O) groups is 1. The molecule has 0 fully saturated rings. The molecule has 6 heteroatoms. The number of rotatable bonds is 4. The topological polar surface area (TPSA) is 51.2 Å². The number of benzene rings is 2. The second kappa shape index (κ2) is 7.52. The molecule has 1 aliphatic heterocycles. The molecule has 0 bridgehead atoms. The van der Waals surface area contributed by atoms with Gasteiger partial charge in [0, 0.05) is 23.9 Å². The highest BCUT2D eigenvalue weighted by Crippen LogP contribution is 2.38. The molecule has 0 atom stereocenters. The maximum atomic E-state index is 13.8. The lowest BCUT2D eigenvalue weighted by Gasteiger charge is -2.32. The summed E-state index contributed by atoms with van der Waals surface area (Å²) in [5, 5.41) is 2.94. The van der Waals surface area contributed by atoms with Crippen molar-refractivity contribution in [3.8, 4) is 16.9 Å². The Hall–Kier alpha value is -3.28. The summed E-state index contributed by atoms with van der Waals surface area (Å²) in [5.74, 6) is -0.0323. The highest BCUT2D eigenvalue weighted by Gasteiger charge is 2.33. The Bertz CT molecular complexity index is 1100. The van der Waals surface area contributed by atoms with Crippen molar-refractivity contribution in [2.45, 2.75) is 39.3 Å². The van der Waals surface area contributed by atoms with Crippen molar-refractivity contribution in [1.82, 2.24) is 4.98 Å². The Labute approximate surface area is 173 Å².